The summed E-state index contributed by atoms with van der Waals surface area (Å²) in [6, 6.07) is 6.66. The molecule has 70 valence electrons. The third kappa shape index (κ3) is 2.21. The van der Waals surface area contributed by atoms with Crippen LogP contribution in [0, 0.1) is 6.92 Å². The molecule has 0 atom stereocenters. The Morgan fingerprint density at radius 1 is 1.08 bits per heavy atom. The molecule has 1 aromatic carbocycles. The molecule has 1 aliphatic carbocycles. The quantitative estimate of drug-likeness (QED) is 0.558. The van der Waals surface area contributed by atoms with Crippen molar-refractivity contribution in [1.82, 2.24) is 0 Å². The maximum Gasteiger partial charge on any atom is -0.00605 e. The normalized spacial score (nSPS) is 12.8. The molecule has 1 aliphatic rings. The molecule has 1 aromatic rings. The number of hydrogen-bond donors (Lipinski definition) is 0. The number of aryl methyl sites for hydroxylation is 1. The first-order valence-electron chi connectivity index (χ1n) is 5.02. The Morgan fingerprint density at radius 2 is 1.77 bits per heavy atom. The second kappa shape index (κ2) is 4.27. The van der Waals surface area contributed by atoms with Gasteiger partial charge >= 0.3 is 0 Å². The molecule has 0 fully saturated rings. The van der Waals surface area contributed by atoms with E-state index in [1.165, 1.54) is 22.3 Å². The van der Waals surface area contributed by atoms with E-state index < -0.39 is 0 Å². The Labute approximate surface area is 81.3 Å². The van der Waals surface area contributed by atoms with E-state index in [0.717, 1.165) is 6.42 Å². The molecule has 0 amide bonds. The van der Waals surface area contributed by atoms with Gasteiger partial charge in [0.15, 0.2) is 0 Å². The van der Waals surface area contributed by atoms with Crippen molar-refractivity contribution in [2.24, 2.45) is 0 Å². The molecule has 0 saturated carbocycles. The Bertz CT molecular complexity index is 319. The molecule has 2 rings (SSSR count). The van der Waals surface area contributed by atoms with Gasteiger partial charge in [0.25, 0.3) is 0 Å². The molecule has 0 heterocycles. The van der Waals surface area contributed by atoms with E-state index in [-0.39, 0.29) is 0 Å². The molecular formula is C13H18. The van der Waals surface area contributed by atoms with Crippen LogP contribution in [0.15, 0.2) is 23.8 Å². The maximum absolute atomic E-state index is 2.28. The minimum Gasteiger partial charge on any atom is -0.0683 e. The van der Waals surface area contributed by atoms with Gasteiger partial charge in [-0.2, -0.15) is 0 Å². The highest BCUT2D eigenvalue weighted by atomic mass is 14.1. The lowest BCUT2D eigenvalue weighted by Gasteiger charge is -1.98. The van der Waals surface area contributed by atoms with E-state index in [0.29, 0.717) is 0 Å². The minimum atomic E-state index is 1.15. The van der Waals surface area contributed by atoms with Crippen molar-refractivity contribution in [2.75, 3.05) is 0 Å². The zero-order valence-corrected chi connectivity index (χ0v) is 9.02. The fourth-order valence-corrected chi connectivity index (χ4v) is 1.65. The van der Waals surface area contributed by atoms with Crippen LogP contribution in [0.2, 0.25) is 0 Å². The third-order valence-corrected chi connectivity index (χ3v) is 2.17. The second-order valence-corrected chi connectivity index (χ2v) is 3.37. The molecule has 0 aromatic heterocycles. The van der Waals surface area contributed by atoms with Gasteiger partial charge in [-0.05, 0) is 31.4 Å². The van der Waals surface area contributed by atoms with Gasteiger partial charge in [-0.3, -0.25) is 0 Å². The standard InChI is InChI=1S/C11H12.C2H6/c1-8-3-4-10-6-9(2)7-11(10)5-8;1-2/h3-6H,7H2,1-2H3;1-2H3. The van der Waals surface area contributed by atoms with Crippen molar-refractivity contribution in [3.8, 4) is 0 Å². The smallest absolute Gasteiger partial charge is 0.00605 e. The third-order valence-electron chi connectivity index (χ3n) is 2.17. The molecule has 0 saturated heterocycles. The van der Waals surface area contributed by atoms with Crippen molar-refractivity contribution in [3.05, 3.63) is 40.5 Å². The first kappa shape index (κ1) is 10.0. The molecule has 0 unspecified atom stereocenters. The Morgan fingerprint density at radius 3 is 2.46 bits per heavy atom. The van der Waals surface area contributed by atoms with Crippen LogP contribution >= 0.6 is 0 Å². The SMILES string of the molecule is CC.CC1=Cc2ccc(C)cc2C1. The van der Waals surface area contributed by atoms with Gasteiger partial charge in [-0.1, -0.05) is 49.3 Å². The number of hydrogen-bond acceptors (Lipinski definition) is 0. The number of allylic oxidation sites excluding steroid dienone is 1. The lowest BCUT2D eigenvalue weighted by atomic mass is 10.1. The number of rotatable bonds is 0. The van der Waals surface area contributed by atoms with E-state index in [9.17, 15) is 0 Å². The van der Waals surface area contributed by atoms with Crippen molar-refractivity contribution >= 4 is 6.08 Å². The van der Waals surface area contributed by atoms with Gasteiger partial charge in [0.05, 0.1) is 0 Å². The van der Waals surface area contributed by atoms with Crippen LogP contribution in [0.4, 0.5) is 0 Å². The van der Waals surface area contributed by atoms with Crippen molar-refractivity contribution in [1.29, 1.82) is 0 Å². The molecular weight excluding hydrogens is 156 g/mol. The summed E-state index contributed by atoms with van der Waals surface area (Å²) < 4.78 is 0. The lowest BCUT2D eigenvalue weighted by molar-refractivity contribution is 1.19. The Balaban J connectivity index is 0.000000396. The summed E-state index contributed by atoms with van der Waals surface area (Å²) in [5, 5.41) is 0. The van der Waals surface area contributed by atoms with Crippen molar-refractivity contribution in [3.63, 3.8) is 0 Å². The highest BCUT2D eigenvalue weighted by molar-refractivity contribution is 5.63. The summed E-state index contributed by atoms with van der Waals surface area (Å²) in [7, 11) is 0. The van der Waals surface area contributed by atoms with E-state index in [1.54, 1.807) is 0 Å². The van der Waals surface area contributed by atoms with Gasteiger partial charge in [0, 0.05) is 0 Å². The van der Waals surface area contributed by atoms with Crippen molar-refractivity contribution < 1.29 is 0 Å². The summed E-state index contributed by atoms with van der Waals surface area (Å²) in [5.74, 6) is 0. The summed E-state index contributed by atoms with van der Waals surface area (Å²) in [6.45, 7) is 8.34. The van der Waals surface area contributed by atoms with Gasteiger partial charge in [0.2, 0.25) is 0 Å². The highest BCUT2D eigenvalue weighted by Crippen LogP contribution is 2.24. The molecule has 0 radical (unpaired) electrons. The molecule has 0 heteroatoms. The van der Waals surface area contributed by atoms with Gasteiger partial charge in [-0.15, -0.1) is 0 Å². The molecule has 0 aliphatic heterocycles. The average molecular weight is 174 g/mol. The molecule has 0 bridgehead atoms. The van der Waals surface area contributed by atoms with Crippen LogP contribution in [-0.2, 0) is 6.42 Å². The summed E-state index contributed by atoms with van der Waals surface area (Å²) >= 11 is 0. The topological polar surface area (TPSA) is 0 Å². The maximum atomic E-state index is 2.28. The molecule has 0 N–H and O–H groups in total. The van der Waals surface area contributed by atoms with Crippen LogP contribution < -0.4 is 0 Å². The second-order valence-electron chi connectivity index (χ2n) is 3.37. The Kier molecular flexibility index (Phi) is 3.30. The van der Waals surface area contributed by atoms with Gasteiger partial charge in [0.1, 0.15) is 0 Å². The largest absolute Gasteiger partial charge is 0.0683 e. The zero-order valence-electron chi connectivity index (χ0n) is 9.02. The molecule has 0 nitrogen and oxygen atoms in total. The van der Waals surface area contributed by atoms with Crippen LogP contribution in [0.25, 0.3) is 6.08 Å². The summed E-state index contributed by atoms with van der Waals surface area (Å²) in [4.78, 5) is 0. The zero-order chi connectivity index (χ0) is 9.84. The summed E-state index contributed by atoms with van der Waals surface area (Å²) in [6.07, 6.45) is 3.42. The fraction of sp³-hybridized carbons (Fsp3) is 0.385. The number of benzene rings is 1. The minimum absolute atomic E-state index is 1.15. The number of fused-ring (bicyclic) bond motifs is 1. The first-order valence-corrected chi connectivity index (χ1v) is 5.02. The average Bonchev–Trinajstić information content (AvgIpc) is 2.48. The summed E-state index contributed by atoms with van der Waals surface area (Å²) in [5.41, 5.74) is 5.74. The van der Waals surface area contributed by atoms with Gasteiger partial charge < -0.3 is 0 Å². The highest BCUT2D eigenvalue weighted by Gasteiger charge is 2.07. The van der Waals surface area contributed by atoms with E-state index >= 15 is 0 Å². The van der Waals surface area contributed by atoms with Crippen molar-refractivity contribution in [2.45, 2.75) is 34.1 Å². The predicted octanol–water partition coefficient (Wildman–Crippen LogP) is 3.98. The predicted molar refractivity (Wildman–Crippen MR) is 59.9 cm³/mol. The van der Waals surface area contributed by atoms with Crippen LogP contribution in [-0.4, -0.2) is 0 Å². The Hall–Kier alpha value is -1.04. The molecule has 13 heavy (non-hydrogen) atoms. The van der Waals surface area contributed by atoms with E-state index in [1.807, 2.05) is 13.8 Å². The lowest BCUT2D eigenvalue weighted by Crippen LogP contribution is -1.83. The fourth-order valence-electron chi connectivity index (χ4n) is 1.65. The van der Waals surface area contributed by atoms with Gasteiger partial charge in [-0.25, -0.2) is 0 Å². The van der Waals surface area contributed by atoms with Crippen LogP contribution in [0.1, 0.15) is 37.5 Å². The van der Waals surface area contributed by atoms with Crippen LogP contribution in [0.3, 0.4) is 0 Å². The monoisotopic (exact) mass is 174 g/mol. The van der Waals surface area contributed by atoms with E-state index in [2.05, 4.69) is 38.1 Å². The van der Waals surface area contributed by atoms with E-state index in [4.69, 9.17) is 0 Å². The molecule has 0 spiro atoms. The first-order chi connectivity index (χ1) is 6.25. The van der Waals surface area contributed by atoms with Crippen LogP contribution in [0.5, 0.6) is 0 Å².